The van der Waals surface area contributed by atoms with Gasteiger partial charge in [0.1, 0.15) is 5.82 Å². The highest BCUT2D eigenvalue weighted by Crippen LogP contribution is 2.28. The standard InChI is InChI=1S/C16H22N4/c1-11-7-9-12(10-8-11)18-15-13-5-3-4-6-14(13)19-16(17-2)20-15/h3-6,11-12H,7-10H2,1-2H3,(H2,17,18,19,20). The van der Waals surface area contributed by atoms with E-state index in [1.165, 1.54) is 25.7 Å². The summed E-state index contributed by atoms with van der Waals surface area (Å²) in [6, 6.07) is 8.71. The number of hydrogen-bond acceptors (Lipinski definition) is 4. The Balaban J connectivity index is 1.89. The van der Waals surface area contributed by atoms with Crippen LogP contribution in [0.15, 0.2) is 24.3 Å². The number of aromatic nitrogens is 2. The Morgan fingerprint density at radius 1 is 1.05 bits per heavy atom. The van der Waals surface area contributed by atoms with E-state index in [9.17, 15) is 0 Å². The summed E-state index contributed by atoms with van der Waals surface area (Å²) in [5.41, 5.74) is 0.985. The molecule has 0 aliphatic heterocycles. The number of benzene rings is 1. The van der Waals surface area contributed by atoms with Gasteiger partial charge in [0, 0.05) is 18.5 Å². The molecule has 20 heavy (non-hydrogen) atoms. The van der Waals surface area contributed by atoms with Crippen LogP contribution in [-0.4, -0.2) is 23.1 Å². The van der Waals surface area contributed by atoms with E-state index in [0.29, 0.717) is 12.0 Å². The van der Waals surface area contributed by atoms with Crippen molar-refractivity contribution < 1.29 is 0 Å². The van der Waals surface area contributed by atoms with E-state index in [1.54, 1.807) is 0 Å². The lowest BCUT2D eigenvalue weighted by Crippen LogP contribution is -2.26. The van der Waals surface area contributed by atoms with Crippen molar-refractivity contribution in [2.45, 2.75) is 38.6 Å². The second kappa shape index (κ2) is 5.65. The molecule has 2 N–H and O–H groups in total. The predicted octanol–water partition coefficient (Wildman–Crippen LogP) is 3.66. The molecule has 0 atom stereocenters. The van der Waals surface area contributed by atoms with E-state index >= 15 is 0 Å². The zero-order valence-corrected chi connectivity index (χ0v) is 12.2. The summed E-state index contributed by atoms with van der Waals surface area (Å²) in [5, 5.41) is 7.77. The summed E-state index contributed by atoms with van der Waals surface area (Å²) >= 11 is 0. The Kier molecular flexibility index (Phi) is 3.72. The van der Waals surface area contributed by atoms with Crippen LogP contribution in [-0.2, 0) is 0 Å². The van der Waals surface area contributed by atoms with Crippen molar-refractivity contribution in [3.05, 3.63) is 24.3 Å². The average Bonchev–Trinajstić information content (AvgIpc) is 2.49. The molecule has 2 aromatic rings. The normalized spacial score (nSPS) is 22.7. The second-order valence-electron chi connectivity index (χ2n) is 5.76. The van der Waals surface area contributed by atoms with E-state index in [-0.39, 0.29) is 0 Å². The maximum absolute atomic E-state index is 4.60. The molecular formula is C16H22N4. The van der Waals surface area contributed by atoms with Crippen LogP contribution in [0.5, 0.6) is 0 Å². The van der Waals surface area contributed by atoms with Crippen molar-refractivity contribution in [3.63, 3.8) is 0 Å². The predicted molar refractivity (Wildman–Crippen MR) is 84.1 cm³/mol. The zero-order chi connectivity index (χ0) is 13.9. The monoisotopic (exact) mass is 270 g/mol. The van der Waals surface area contributed by atoms with Gasteiger partial charge in [0.25, 0.3) is 0 Å². The van der Waals surface area contributed by atoms with Gasteiger partial charge in [0.05, 0.1) is 5.52 Å². The largest absolute Gasteiger partial charge is 0.367 e. The van der Waals surface area contributed by atoms with Crippen molar-refractivity contribution in [1.29, 1.82) is 0 Å². The molecule has 1 saturated carbocycles. The molecule has 0 unspecified atom stereocenters. The van der Waals surface area contributed by atoms with Gasteiger partial charge in [-0.3, -0.25) is 0 Å². The van der Waals surface area contributed by atoms with Crippen LogP contribution in [0, 0.1) is 5.92 Å². The SMILES string of the molecule is CNc1nc(NC2CCC(C)CC2)c2ccccc2n1. The van der Waals surface area contributed by atoms with Gasteiger partial charge in [-0.1, -0.05) is 19.1 Å². The number of hydrogen-bond donors (Lipinski definition) is 2. The van der Waals surface area contributed by atoms with Gasteiger partial charge in [-0.25, -0.2) is 4.98 Å². The molecule has 1 aliphatic carbocycles. The fraction of sp³-hybridized carbons (Fsp3) is 0.500. The third kappa shape index (κ3) is 2.69. The van der Waals surface area contributed by atoms with Crippen molar-refractivity contribution in [2.75, 3.05) is 17.7 Å². The van der Waals surface area contributed by atoms with Crippen LogP contribution in [0.1, 0.15) is 32.6 Å². The Hall–Kier alpha value is -1.84. The molecule has 4 nitrogen and oxygen atoms in total. The number of fused-ring (bicyclic) bond motifs is 1. The Labute approximate surface area is 120 Å². The summed E-state index contributed by atoms with van der Waals surface area (Å²) in [5.74, 6) is 2.50. The molecule has 1 aromatic heterocycles. The van der Waals surface area contributed by atoms with Crippen LogP contribution < -0.4 is 10.6 Å². The van der Waals surface area contributed by atoms with Crippen molar-refractivity contribution in [2.24, 2.45) is 5.92 Å². The van der Waals surface area contributed by atoms with E-state index in [0.717, 1.165) is 22.6 Å². The minimum Gasteiger partial charge on any atom is -0.367 e. The van der Waals surface area contributed by atoms with Gasteiger partial charge >= 0.3 is 0 Å². The smallest absolute Gasteiger partial charge is 0.224 e. The zero-order valence-electron chi connectivity index (χ0n) is 12.2. The third-order valence-electron chi connectivity index (χ3n) is 4.18. The molecule has 1 aliphatic rings. The van der Waals surface area contributed by atoms with Gasteiger partial charge < -0.3 is 10.6 Å². The molecule has 4 heteroatoms. The lowest BCUT2D eigenvalue weighted by molar-refractivity contribution is 0.361. The summed E-state index contributed by atoms with van der Waals surface area (Å²) in [6.45, 7) is 2.34. The Morgan fingerprint density at radius 2 is 1.80 bits per heavy atom. The molecule has 3 rings (SSSR count). The van der Waals surface area contributed by atoms with Crippen molar-refractivity contribution in [3.8, 4) is 0 Å². The fourth-order valence-corrected chi connectivity index (χ4v) is 2.90. The molecule has 0 saturated heterocycles. The van der Waals surface area contributed by atoms with E-state index in [4.69, 9.17) is 0 Å². The average molecular weight is 270 g/mol. The second-order valence-corrected chi connectivity index (χ2v) is 5.76. The third-order valence-corrected chi connectivity index (χ3v) is 4.18. The maximum Gasteiger partial charge on any atom is 0.224 e. The first-order chi connectivity index (χ1) is 9.76. The number of para-hydroxylation sites is 1. The molecular weight excluding hydrogens is 248 g/mol. The van der Waals surface area contributed by atoms with Gasteiger partial charge in [-0.2, -0.15) is 4.98 Å². The molecule has 0 amide bonds. The quantitative estimate of drug-likeness (QED) is 0.893. The van der Waals surface area contributed by atoms with Crippen LogP contribution in [0.3, 0.4) is 0 Å². The van der Waals surface area contributed by atoms with Crippen LogP contribution in [0.2, 0.25) is 0 Å². The molecule has 1 fully saturated rings. The molecule has 0 spiro atoms. The van der Waals surface area contributed by atoms with E-state index < -0.39 is 0 Å². The number of nitrogens with one attached hydrogen (secondary N) is 2. The summed E-state index contributed by atoms with van der Waals surface area (Å²) in [7, 11) is 1.86. The number of anilines is 2. The van der Waals surface area contributed by atoms with Gasteiger partial charge in [-0.05, 0) is 43.7 Å². The first kappa shape index (κ1) is 13.2. The summed E-state index contributed by atoms with van der Waals surface area (Å²) < 4.78 is 0. The summed E-state index contributed by atoms with van der Waals surface area (Å²) in [6.07, 6.45) is 5.07. The minimum absolute atomic E-state index is 0.536. The highest BCUT2D eigenvalue weighted by Gasteiger charge is 2.19. The highest BCUT2D eigenvalue weighted by molar-refractivity contribution is 5.90. The maximum atomic E-state index is 4.60. The summed E-state index contributed by atoms with van der Waals surface area (Å²) in [4.78, 5) is 9.10. The molecule has 106 valence electrons. The molecule has 1 heterocycles. The first-order valence-electron chi connectivity index (χ1n) is 7.47. The van der Waals surface area contributed by atoms with Crippen LogP contribution in [0.25, 0.3) is 10.9 Å². The minimum atomic E-state index is 0.536. The van der Waals surface area contributed by atoms with Gasteiger partial charge in [0.15, 0.2) is 0 Å². The molecule has 1 aromatic carbocycles. The lowest BCUT2D eigenvalue weighted by atomic mass is 9.87. The lowest BCUT2D eigenvalue weighted by Gasteiger charge is -2.27. The van der Waals surface area contributed by atoms with Gasteiger partial charge in [-0.15, -0.1) is 0 Å². The van der Waals surface area contributed by atoms with Gasteiger partial charge in [0.2, 0.25) is 5.95 Å². The van der Waals surface area contributed by atoms with Crippen molar-refractivity contribution >= 4 is 22.7 Å². The molecule has 0 radical (unpaired) electrons. The number of rotatable bonds is 3. The van der Waals surface area contributed by atoms with Crippen LogP contribution in [0.4, 0.5) is 11.8 Å². The van der Waals surface area contributed by atoms with Crippen LogP contribution >= 0.6 is 0 Å². The first-order valence-corrected chi connectivity index (χ1v) is 7.47. The van der Waals surface area contributed by atoms with E-state index in [2.05, 4.69) is 33.6 Å². The highest BCUT2D eigenvalue weighted by atomic mass is 15.1. The Bertz CT molecular complexity index is 588. The van der Waals surface area contributed by atoms with Crippen molar-refractivity contribution in [1.82, 2.24) is 9.97 Å². The fourth-order valence-electron chi connectivity index (χ4n) is 2.90. The number of nitrogens with zero attached hydrogens (tertiary/aromatic N) is 2. The Morgan fingerprint density at radius 3 is 2.55 bits per heavy atom. The molecule has 0 bridgehead atoms. The van der Waals surface area contributed by atoms with E-state index in [1.807, 2.05) is 25.2 Å². The topological polar surface area (TPSA) is 49.8 Å².